The van der Waals surface area contributed by atoms with Gasteiger partial charge >= 0.3 is 0 Å². The lowest BCUT2D eigenvalue weighted by Crippen LogP contribution is -2.59. The Kier molecular flexibility index (Phi) is 14.6. The summed E-state index contributed by atoms with van der Waals surface area (Å²) in [5.74, 6) is 0.476. The van der Waals surface area contributed by atoms with Crippen LogP contribution in [0.4, 0.5) is 5.82 Å². The zero-order chi connectivity index (χ0) is 47.6. The molecule has 3 fully saturated rings. The van der Waals surface area contributed by atoms with Crippen LogP contribution in [0.5, 0.6) is 5.75 Å². The maximum Gasteiger partial charge on any atom is 0.246 e. The smallest absolute Gasteiger partial charge is 0.246 e. The molecule has 0 spiro atoms. The van der Waals surface area contributed by atoms with E-state index in [1.165, 1.54) is 4.90 Å². The fourth-order valence-electron chi connectivity index (χ4n) is 9.87. The van der Waals surface area contributed by atoms with E-state index in [1.807, 2.05) is 82.6 Å². The minimum absolute atomic E-state index is 0.0234. The van der Waals surface area contributed by atoms with Gasteiger partial charge in [0.2, 0.25) is 17.7 Å². The van der Waals surface area contributed by atoms with Gasteiger partial charge in [-0.15, -0.1) is 21.5 Å². The van der Waals surface area contributed by atoms with Crippen molar-refractivity contribution in [3.05, 3.63) is 71.4 Å². The highest BCUT2D eigenvalue weighted by Crippen LogP contribution is 2.35. The fourth-order valence-corrected chi connectivity index (χ4v) is 10.7. The highest BCUT2D eigenvalue weighted by atomic mass is 32.1. The number of para-hydroxylation sites is 1. The number of phenols is 1. The van der Waals surface area contributed by atoms with Crippen LogP contribution < -0.4 is 16.0 Å². The zero-order valence-electron chi connectivity index (χ0n) is 39.9. The topological polar surface area (TPSA) is 194 Å². The normalized spacial score (nSPS) is 20.0. The van der Waals surface area contributed by atoms with E-state index in [0.717, 1.165) is 97.0 Å². The van der Waals surface area contributed by atoms with Gasteiger partial charge in [0, 0.05) is 44.2 Å². The number of benzene rings is 2. The minimum atomic E-state index is -0.883. The predicted octanol–water partition coefficient (Wildman–Crippen LogP) is 6.17. The molecule has 3 amide bonds. The number of β-amino-alcohol motifs (C(OH)–C–C–N with tert-alkyl or cyclic N) is 1. The molecule has 358 valence electrons. The molecule has 67 heavy (non-hydrogen) atoms. The average molecular weight is 934 g/mol. The Morgan fingerprint density at radius 3 is 2.27 bits per heavy atom. The van der Waals surface area contributed by atoms with Crippen LogP contribution in [-0.4, -0.2) is 138 Å². The Labute approximate surface area is 397 Å². The van der Waals surface area contributed by atoms with E-state index in [-0.39, 0.29) is 61.1 Å². The molecule has 0 saturated carbocycles. The van der Waals surface area contributed by atoms with Crippen molar-refractivity contribution in [3.8, 4) is 27.4 Å². The van der Waals surface area contributed by atoms with Gasteiger partial charge < -0.3 is 36.0 Å². The van der Waals surface area contributed by atoms with Crippen molar-refractivity contribution in [2.24, 2.45) is 11.3 Å². The number of thiazole rings is 1. The Hall–Kier alpha value is -5.49. The molecule has 6 heterocycles. The number of piperidine rings is 2. The first-order valence-electron chi connectivity index (χ1n) is 23.9. The predicted molar refractivity (Wildman–Crippen MR) is 261 cm³/mol. The number of nitrogens with one attached hydrogen (secondary N) is 3. The number of aliphatic hydroxyl groups is 1. The molecule has 17 heteroatoms. The number of rotatable bonds is 14. The van der Waals surface area contributed by atoms with Gasteiger partial charge in [0.05, 0.1) is 52.0 Å². The highest BCUT2D eigenvalue weighted by Gasteiger charge is 2.45. The summed E-state index contributed by atoms with van der Waals surface area (Å²) in [7, 11) is 0. The van der Waals surface area contributed by atoms with Gasteiger partial charge in [-0.05, 0) is 107 Å². The van der Waals surface area contributed by atoms with E-state index in [9.17, 15) is 24.6 Å². The lowest BCUT2D eigenvalue weighted by Gasteiger charge is -2.38. The summed E-state index contributed by atoms with van der Waals surface area (Å²) in [6.07, 6.45) is 3.13. The van der Waals surface area contributed by atoms with Crippen LogP contribution in [0.15, 0.2) is 60.1 Å². The molecular weight excluding hydrogens is 867 g/mol. The number of aromatic nitrogens is 5. The van der Waals surface area contributed by atoms with E-state index in [1.54, 1.807) is 23.5 Å². The van der Waals surface area contributed by atoms with E-state index in [4.69, 9.17) is 5.10 Å². The van der Waals surface area contributed by atoms with Crippen LogP contribution in [0.25, 0.3) is 32.7 Å². The summed E-state index contributed by atoms with van der Waals surface area (Å²) < 4.78 is 2.11. The van der Waals surface area contributed by atoms with Gasteiger partial charge in [0.15, 0.2) is 11.3 Å². The van der Waals surface area contributed by atoms with Crippen LogP contribution in [0.2, 0.25) is 0 Å². The molecule has 8 rings (SSSR count). The number of carbonyl (C=O) groups excluding carboxylic acids is 3. The Bertz CT molecular complexity index is 2520. The van der Waals surface area contributed by atoms with Crippen molar-refractivity contribution in [1.82, 2.24) is 50.3 Å². The van der Waals surface area contributed by atoms with E-state index in [0.29, 0.717) is 17.2 Å². The maximum atomic E-state index is 14.3. The second-order valence-corrected chi connectivity index (χ2v) is 21.1. The zero-order valence-corrected chi connectivity index (χ0v) is 40.7. The summed E-state index contributed by atoms with van der Waals surface area (Å²) >= 11 is 1.59. The van der Waals surface area contributed by atoms with Gasteiger partial charge in [0.25, 0.3) is 0 Å². The second-order valence-electron chi connectivity index (χ2n) is 20.2. The number of hydrogen-bond acceptors (Lipinski definition) is 13. The monoisotopic (exact) mass is 934 g/mol. The summed E-state index contributed by atoms with van der Waals surface area (Å²) in [6, 6.07) is 15.5. The molecule has 5 aromatic rings. The Morgan fingerprint density at radius 1 is 0.910 bits per heavy atom. The molecule has 0 bridgehead atoms. The minimum Gasteiger partial charge on any atom is -0.507 e. The highest BCUT2D eigenvalue weighted by molar-refractivity contribution is 7.13. The van der Waals surface area contributed by atoms with Gasteiger partial charge in [-0.3, -0.25) is 24.0 Å². The van der Waals surface area contributed by atoms with Gasteiger partial charge in [-0.2, -0.15) is 5.10 Å². The average Bonchev–Trinajstić information content (AvgIpc) is 4.02. The number of aliphatic hydroxyl groups excluding tert-OH is 1. The largest absolute Gasteiger partial charge is 0.507 e. The second kappa shape index (κ2) is 20.4. The third-order valence-electron chi connectivity index (χ3n) is 13.6. The summed E-state index contributed by atoms with van der Waals surface area (Å²) in [5, 5.41) is 44.9. The molecule has 3 aliphatic rings. The van der Waals surface area contributed by atoms with Crippen molar-refractivity contribution in [2.45, 2.75) is 117 Å². The first-order valence-corrected chi connectivity index (χ1v) is 24.7. The number of carbonyl (C=O) groups is 3. The van der Waals surface area contributed by atoms with Crippen LogP contribution in [0, 0.1) is 18.3 Å². The quantitative estimate of drug-likeness (QED) is 0.0852. The molecular formula is C50H67N11O5S. The van der Waals surface area contributed by atoms with E-state index < -0.39 is 23.6 Å². The SMILES string of the molecule is Cc1ncsc1-c1ccc([C@H](C)NC(=O)[C@@H]2C[C@@H](O)CN2C(=O)[C@@H](NC(=O)CN2CCC(CN3CCC(n4nc(NC(C)C)c5nnc(-c6ccccc6O)cc54)CC3)CC2)C(C)(C)C)cc1. The molecule has 3 saturated heterocycles. The van der Waals surface area contributed by atoms with Crippen LogP contribution in [0.3, 0.4) is 0 Å². The standard InChI is InChI=1S/C50H67N11O5S/c1-30(2)52-47-44-40(25-39(55-56-44)38-10-8-9-11-42(38)63)61(57-47)36-18-22-58(23-19-36)26-33-16-20-59(21-17-33)28-43(64)54-46(50(5,6)7)49(66)60-27-37(62)24-41(60)48(65)53-31(3)34-12-14-35(15-13-34)45-32(4)51-29-67-45/h8-15,25,29-31,33,36-37,41,46,62-63H,16-24,26-28H2,1-7H3,(H,52,57)(H,53,65)(H,54,64)/t31-,37+,41-,46+/m0/s1. The van der Waals surface area contributed by atoms with Crippen molar-refractivity contribution in [2.75, 3.05) is 51.1 Å². The summed E-state index contributed by atoms with van der Waals surface area (Å²) in [5.41, 5.74) is 7.02. The molecule has 2 aromatic carbocycles. The number of aryl methyl sites for hydroxylation is 1. The van der Waals surface area contributed by atoms with Gasteiger partial charge in [-0.1, -0.05) is 57.2 Å². The number of aromatic hydroxyl groups is 1. The molecule has 16 nitrogen and oxygen atoms in total. The van der Waals surface area contributed by atoms with Crippen LogP contribution in [-0.2, 0) is 14.4 Å². The Balaban J connectivity index is 0.818. The van der Waals surface area contributed by atoms with Gasteiger partial charge in [0.1, 0.15) is 17.8 Å². The van der Waals surface area contributed by atoms with E-state index in [2.05, 4.69) is 59.5 Å². The van der Waals surface area contributed by atoms with Gasteiger partial charge in [-0.25, -0.2) is 4.98 Å². The molecule has 0 aliphatic carbocycles. The number of phenolic OH excluding ortho intramolecular Hbond substituents is 1. The number of fused-ring (bicyclic) bond motifs is 1. The number of amides is 3. The molecule has 4 atom stereocenters. The van der Waals surface area contributed by atoms with Crippen LogP contribution in [0.1, 0.15) is 97.0 Å². The van der Waals surface area contributed by atoms with Crippen molar-refractivity contribution < 1.29 is 24.6 Å². The molecule has 0 unspecified atom stereocenters. The first kappa shape index (κ1) is 48.0. The van der Waals surface area contributed by atoms with E-state index >= 15 is 0 Å². The third kappa shape index (κ3) is 11.1. The van der Waals surface area contributed by atoms with Crippen molar-refractivity contribution >= 4 is 45.9 Å². The number of likely N-dealkylation sites (tertiary alicyclic amines) is 3. The fraction of sp³-hybridized carbons (Fsp3) is 0.540. The lowest BCUT2D eigenvalue weighted by atomic mass is 9.85. The molecule has 3 aromatic heterocycles. The summed E-state index contributed by atoms with van der Waals surface area (Å²) in [4.78, 5) is 53.4. The molecule has 3 aliphatic heterocycles. The first-order chi connectivity index (χ1) is 32.0. The molecule has 0 radical (unpaired) electrons. The van der Waals surface area contributed by atoms with Crippen molar-refractivity contribution in [3.63, 3.8) is 0 Å². The lowest BCUT2D eigenvalue weighted by molar-refractivity contribution is -0.144. The maximum absolute atomic E-state index is 14.3. The third-order valence-corrected chi connectivity index (χ3v) is 14.6. The number of anilines is 1. The summed E-state index contributed by atoms with van der Waals surface area (Å²) in [6.45, 7) is 18.5. The molecule has 5 N–H and O–H groups in total. The number of nitrogens with zero attached hydrogens (tertiary/aromatic N) is 8. The van der Waals surface area contributed by atoms with Crippen molar-refractivity contribution in [1.29, 1.82) is 0 Å². The number of hydrogen-bond donors (Lipinski definition) is 5. The van der Waals surface area contributed by atoms with Crippen LogP contribution >= 0.6 is 11.3 Å². The Morgan fingerprint density at radius 2 is 1.61 bits per heavy atom.